The Morgan fingerprint density at radius 3 is 2.26 bits per heavy atom. The van der Waals surface area contributed by atoms with Crippen LogP contribution in [-0.4, -0.2) is 51.3 Å². The second-order valence-electron chi connectivity index (χ2n) is 10.9. The SMILES string of the molecule is CCOC(=O)c1ccc([C@H](CO[Si](C)(C)C(C)(C)C)NC(=O)OC(C)(C)C)c2nc(OC)ccc12. The molecule has 0 aliphatic rings. The van der Waals surface area contributed by atoms with Crippen LogP contribution < -0.4 is 10.1 Å². The fraction of sp³-hybridized carbons (Fsp3) is 0.577. The van der Waals surface area contributed by atoms with E-state index in [1.807, 2.05) is 20.8 Å². The van der Waals surface area contributed by atoms with Crippen LogP contribution in [-0.2, 0) is 13.9 Å². The van der Waals surface area contributed by atoms with Crippen LogP contribution in [0.2, 0.25) is 18.1 Å². The quantitative estimate of drug-likeness (QED) is 0.347. The molecule has 1 aromatic carbocycles. The highest BCUT2D eigenvalue weighted by Crippen LogP contribution is 2.38. The molecule has 2 aromatic rings. The zero-order valence-electron chi connectivity index (χ0n) is 22.7. The summed E-state index contributed by atoms with van der Waals surface area (Å²) in [5.41, 5.74) is 0.945. The van der Waals surface area contributed by atoms with E-state index in [4.69, 9.17) is 18.6 Å². The molecule has 8 nitrogen and oxygen atoms in total. The summed E-state index contributed by atoms with van der Waals surface area (Å²) in [4.78, 5) is 30.0. The fourth-order valence-corrected chi connectivity index (χ4v) is 4.19. The van der Waals surface area contributed by atoms with Crippen molar-refractivity contribution in [3.8, 4) is 5.88 Å². The maximum absolute atomic E-state index is 12.8. The molecule has 0 aliphatic carbocycles. The number of alkyl carbamates (subject to hydrolysis) is 1. The van der Waals surface area contributed by atoms with Gasteiger partial charge in [0, 0.05) is 17.0 Å². The van der Waals surface area contributed by atoms with Gasteiger partial charge in [0.15, 0.2) is 8.32 Å². The summed E-state index contributed by atoms with van der Waals surface area (Å²) < 4.78 is 22.6. The van der Waals surface area contributed by atoms with E-state index in [0.29, 0.717) is 27.9 Å². The molecule has 0 unspecified atom stereocenters. The monoisotopic (exact) mass is 504 g/mol. The van der Waals surface area contributed by atoms with Gasteiger partial charge in [-0.05, 0) is 58.0 Å². The molecule has 1 aromatic heterocycles. The predicted molar refractivity (Wildman–Crippen MR) is 140 cm³/mol. The van der Waals surface area contributed by atoms with E-state index in [-0.39, 0.29) is 18.3 Å². The average molecular weight is 505 g/mol. The molecule has 1 N–H and O–H groups in total. The number of nitrogens with one attached hydrogen (secondary N) is 1. The Morgan fingerprint density at radius 2 is 1.71 bits per heavy atom. The van der Waals surface area contributed by atoms with Gasteiger partial charge in [0.05, 0.1) is 37.4 Å². The summed E-state index contributed by atoms with van der Waals surface area (Å²) in [6.45, 7) is 18.5. The van der Waals surface area contributed by atoms with Gasteiger partial charge in [0.2, 0.25) is 5.88 Å². The number of hydrogen-bond acceptors (Lipinski definition) is 7. The van der Waals surface area contributed by atoms with Crippen LogP contribution in [0, 0.1) is 0 Å². The first-order valence-electron chi connectivity index (χ1n) is 11.9. The predicted octanol–water partition coefficient (Wildman–Crippen LogP) is 6.01. The first-order valence-corrected chi connectivity index (χ1v) is 14.8. The number of aromatic nitrogens is 1. The fourth-order valence-electron chi connectivity index (χ4n) is 3.17. The Bertz CT molecular complexity index is 1060. The van der Waals surface area contributed by atoms with Gasteiger partial charge in [-0.15, -0.1) is 0 Å². The molecule has 1 heterocycles. The van der Waals surface area contributed by atoms with Crippen molar-refractivity contribution in [2.24, 2.45) is 0 Å². The molecule has 1 atom stereocenters. The number of benzene rings is 1. The molecule has 0 saturated heterocycles. The van der Waals surface area contributed by atoms with E-state index in [2.05, 4.69) is 44.2 Å². The molecule has 0 spiro atoms. The molecule has 0 aliphatic heterocycles. The number of fused-ring (bicyclic) bond motifs is 1. The van der Waals surface area contributed by atoms with E-state index >= 15 is 0 Å². The Morgan fingerprint density at radius 1 is 1.06 bits per heavy atom. The maximum Gasteiger partial charge on any atom is 0.408 e. The molecular weight excluding hydrogens is 464 g/mol. The summed E-state index contributed by atoms with van der Waals surface area (Å²) in [6.07, 6.45) is -0.563. The van der Waals surface area contributed by atoms with Gasteiger partial charge in [-0.2, -0.15) is 0 Å². The number of ether oxygens (including phenoxy) is 3. The highest BCUT2D eigenvalue weighted by Gasteiger charge is 2.38. The molecule has 0 radical (unpaired) electrons. The van der Waals surface area contributed by atoms with Crippen LogP contribution in [0.15, 0.2) is 24.3 Å². The van der Waals surface area contributed by atoms with Crippen LogP contribution in [0.25, 0.3) is 10.9 Å². The first kappa shape index (κ1) is 28.6. The number of rotatable bonds is 8. The average Bonchev–Trinajstić information content (AvgIpc) is 2.73. The highest BCUT2D eigenvalue weighted by atomic mass is 28.4. The van der Waals surface area contributed by atoms with Crippen LogP contribution in [0.5, 0.6) is 5.88 Å². The molecule has 9 heteroatoms. The molecule has 0 saturated carbocycles. The van der Waals surface area contributed by atoms with Gasteiger partial charge in [-0.25, -0.2) is 14.6 Å². The van der Waals surface area contributed by atoms with Gasteiger partial charge in [0.1, 0.15) is 5.60 Å². The topological polar surface area (TPSA) is 96.0 Å². The van der Waals surface area contributed by atoms with Gasteiger partial charge in [-0.1, -0.05) is 26.8 Å². The normalized spacial score (nSPS) is 13.3. The van der Waals surface area contributed by atoms with Crippen molar-refractivity contribution < 1.29 is 28.2 Å². The lowest BCUT2D eigenvalue weighted by Gasteiger charge is -2.37. The van der Waals surface area contributed by atoms with Crippen molar-refractivity contribution in [3.63, 3.8) is 0 Å². The summed E-state index contributed by atoms with van der Waals surface area (Å²) >= 11 is 0. The third-order valence-corrected chi connectivity index (χ3v) is 10.6. The van der Waals surface area contributed by atoms with Crippen LogP contribution in [0.3, 0.4) is 0 Å². The van der Waals surface area contributed by atoms with Crippen LogP contribution in [0.1, 0.15) is 70.4 Å². The largest absolute Gasteiger partial charge is 0.481 e. The third kappa shape index (κ3) is 7.41. The molecule has 2 rings (SSSR count). The van der Waals surface area contributed by atoms with Crippen molar-refractivity contribution >= 4 is 31.3 Å². The Labute approximate surface area is 209 Å². The molecule has 1 amide bonds. The summed E-state index contributed by atoms with van der Waals surface area (Å²) in [5, 5.41) is 3.55. The van der Waals surface area contributed by atoms with Crippen molar-refractivity contribution in [1.82, 2.24) is 10.3 Å². The number of esters is 1. The minimum atomic E-state index is -2.13. The van der Waals surface area contributed by atoms with E-state index in [0.717, 1.165) is 0 Å². The number of methoxy groups -OCH3 is 1. The maximum atomic E-state index is 12.8. The Kier molecular flexibility index (Phi) is 8.94. The van der Waals surface area contributed by atoms with Crippen molar-refractivity contribution in [3.05, 3.63) is 35.4 Å². The summed E-state index contributed by atoms with van der Waals surface area (Å²) in [5.74, 6) is -0.0497. The standard InChI is InChI=1S/C26H40N2O6Si/c1-11-32-23(29)18-12-13-19(22-17(18)14-15-21(28-22)31-8)20(27-24(30)34-25(2,3)4)16-33-35(9,10)26(5,6)7/h12-15,20H,11,16H2,1-10H3,(H,27,30)/t20-/m0/s1. The minimum Gasteiger partial charge on any atom is -0.481 e. The van der Waals surface area contributed by atoms with E-state index in [1.165, 1.54) is 7.11 Å². The van der Waals surface area contributed by atoms with E-state index < -0.39 is 32.0 Å². The second-order valence-corrected chi connectivity index (χ2v) is 15.8. The summed E-state index contributed by atoms with van der Waals surface area (Å²) in [7, 11) is -0.607. The lowest BCUT2D eigenvalue weighted by Crippen LogP contribution is -2.44. The zero-order valence-corrected chi connectivity index (χ0v) is 23.7. The molecule has 0 bridgehead atoms. The Hall–Kier alpha value is -2.65. The Balaban J connectivity index is 2.61. The first-order chi connectivity index (χ1) is 16.1. The molecule has 194 valence electrons. The van der Waals surface area contributed by atoms with Crippen molar-refractivity contribution in [2.75, 3.05) is 20.3 Å². The lowest BCUT2D eigenvalue weighted by molar-refractivity contribution is 0.0481. The number of hydrogen-bond donors (Lipinski definition) is 1. The van der Waals surface area contributed by atoms with Crippen LogP contribution >= 0.6 is 0 Å². The van der Waals surface area contributed by atoms with Gasteiger partial charge in [0.25, 0.3) is 0 Å². The summed E-state index contributed by atoms with van der Waals surface area (Å²) in [6, 6.07) is 6.36. The van der Waals surface area contributed by atoms with Crippen molar-refractivity contribution in [2.45, 2.75) is 78.2 Å². The number of carbonyl (C=O) groups excluding carboxylic acids is 2. The number of amides is 1. The zero-order chi connectivity index (χ0) is 26.6. The number of pyridine rings is 1. The molecule has 35 heavy (non-hydrogen) atoms. The molecule has 0 fully saturated rings. The van der Waals surface area contributed by atoms with Crippen molar-refractivity contribution in [1.29, 1.82) is 0 Å². The number of nitrogens with zero attached hydrogens (tertiary/aromatic N) is 1. The smallest absolute Gasteiger partial charge is 0.408 e. The molecular formula is C26H40N2O6Si. The lowest BCUT2D eigenvalue weighted by atomic mass is 9.99. The second kappa shape index (κ2) is 10.9. The van der Waals surface area contributed by atoms with Gasteiger partial charge < -0.3 is 24.0 Å². The van der Waals surface area contributed by atoms with Crippen LogP contribution in [0.4, 0.5) is 4.79 Å². The van der Waals surface area contributed by atoms with E-state index in [1.54, 1.807) is 31.2 Å². The van der Waals surface area contributed by atoms with Gasteiger partial charge in [-0.3, -0.25) is 0 Å². The highest BCUT2D eigenvalue weighted by molar-refractivity contribution is 6.74. The minimum absolute atomic E-state index is 0.0131. The third-order valence-electron chi connectivity index (χ3n) is 6.05. The van der Waals surface area contributed by atoms with E-state index in [9.17, 15) is 9.59 Å². The number of carbonyl (C=O) groups is 2. The van der Waals surface area contributed by atoms with Gasteiger partial charge >= 0.3 is 12.1 Å².